The molecule has 1 fully saturated rings. The molecule has 35 heavy (non-hydrogen) atoms. The van der Waals surface area contributed by atoms with Crippen LogP contribution in [-0.2, 0) is 11.3 Å². The number of halogens is 1. The van der Waals surface area contributed by atoms with Gasteiger partial charge in [-0.05, 0) is 66.8 Å². The molecule has 6 nitrogen and oxygen atoms in total. The van der Waals surface area contributed by atoms with Crippen LogP contribution < -0.4 is 15.4 Å². The first kappa shape index (κ1) is 24.3. The molecule has 1 heterocycles. The number of methoxy groups -OCH3 is 1. The number of anilines is 1. The van der Waals surface area contributed by atoms with E-state index in [9.17, 15) is 14.0 Å². The van der Waals surface area contributed by atoms with Crippen LogP contribution in [0.25, 0.3) is 0 Å². The topological polar surface area (TPSA) is 70.7 Å². The third-order valence-electron chi connectivity index (χ3n) is 6.42. The fourth-order valence-corrected chi connectivity index (χ4v) is 4.42. The zero-order valence-corrected chi connectivity index (χ0v) is 20.0. The summed E-state index contributed by atoms with van der Waals surface area (Å²) in [6.07, 6.45) is 1.22. The van der Waals surface area contributed by atoms with Crippen LogP contribution in [0.4, 0.5) is 14.9 Å². The molecule has 1 saturated heterocycles. The molecule has 0 aromatic heterocycles. The number of carbonyl (C=O) groups is 2. The lowest BCUT2D eigenvalue weighted by Gasteiger charge is -2.39. The van der Waals surface area contributed by atoms with Crippen molar-refractivity contribution in [3.8, 4) is 5.75 Å². The van der Waals surface area contributed by atoms with Crippen molar-refractivity contribution in [1.29, 1.82) is 0 Å². The van der Waals surface area contributed by atoms with Crippen molar-refractivity contribution in [1.82, 2.24) is 10.2 Å². The van der Waals surface area contributed by atoms with Gasteiger partial charge in [0.15, 0.2) is 0 Å². The molecule has 2 atom stereocenters. The molecule has 2 N–H and O–H groups in total. The molecular weight excluding hydrogens is 445 g/mol. The fraction of sp³-hybridized carbons (Fsp3) is 0.286. The molecule has 0 saturated carbocycles. The number of aryl methyl sites for hydroxylation is 1. The smallest absolute Gasteiger partial charge is 0.318 e. The van der Waals surface area contributed by atoms with Crippen molar-refractivity contribution in [2.45, 2.75) is 32.4 Å². The van der Waals surface area contributed by atoms with E-state index >= 15 is 0 Å². The van der Waals surface area contributed by atoms with Crippen molar-refractivity contribution in [3.63, 3.8) is 0 Å². The van der Waals surface area contributed by atoms with Crippen LogP contribution in [0.15, 0.2) is 72.8 Å². The molecule has 3 aromatic carbocycles. The molecule has 1 aliphatic rings. The van der Waals surface area contributed by atoms with Gasteiger partial charge in [-0.3, -0.25) is 4.79 Å². The van der Waals surface area contributed by atoms with Gasteiger partial charge < -0.3 is 20.3 Å². The van der Waals surface area contributed by atoms with Crippen molar-refractivity contribution < 1.29 is 18.7 Å². The summed E-state index contributed by atoms with van der Waals surface area (Å²) in [4.78, 5) is 28.1. The fourth-order valence-electron chi connectivity index (χ4n) is 4.42. The number of benzene rings is 3. The number of hydrogen-bond donors (Lipinski definition) is 2. The summed E-state index contributed by atoms with van der Waals surface area (Å²) in [7, 11) is 1.59. The highest BCUT2D eigenvalue weighted by molar-refractivity contribution is 5.93. The van der Waals surface area contributed by atoms with Gasteiger partial charge in [-0.2, -0.15) is 0 Å². The second-order valence-corrected chi connectivity index (χ2v) is 8.81. The lowest BCUT2D eigenvalue weighted by atomic mass is 9.88. The number of amides is 3. The molecule has 4 rings (SSSR count). The van der Waals surface area contributed by atoms with Crippen molar-refractivity contribution in [3.05, 3.63) is 95.3 Å². The summed E-state index contributed by atoms with van der Waals surface area (Å²) in [6.45, 7) is 2.37. The maximum Gasteiger partial charge on any atom is 0.318 e. The second kappa shape index (κ2) is 11.0. The van der Waals surface area contributed by atoms with E-state index in [0.29, 0.717) is 36.4 Å². The van der Waals surface area contributed by atoms with Gasteiger partial charge in [0.1, 0.15) is 11.6 Å². The van der Waals surface area contributed by atoms with Gasteiger partial charge in [-0.25, -0.2) is 9.18 Å². The van der Waals surface area contributed by atoms with E-state index in [2.05, 4.69) is 10.6 Å². The first-order valence-electron chi connectivity index (χ1n) is 11.7. The lowest BCUT2D eigenvalue weighted by molar-refractivity contribution is -0.121. The van der Waals surface area contributed by atoms with E-state index in [1.165, 1.54) is 6.07 Å². The average Bonchev–Trinajstić information content (AvgIpc) is 2.89. The van der Waals surface area contributed by atoms with Crippen molar-refractivity contribution in [2.75, 3.05) is 19.0 Å². The highest BCUT2D eigenvalue weighted by Gasteiger charge is 2.35. The number of nitrogens with zero attached hydrogens (tertiary/aromatic N) is 1. The van der Waals surface area contributed by atoms with Gasteiger partial charge in [0.05, 0.1) is 19.1 Å². The predicted octanol–water partition coefficient (Wildman–Crippen LogP) is 5.44. The molecule has 0 radical (unpaired) electrons. The zero-order valence-electron chi connectivity index (χ0n) is 20.0. The normalized spacial score (nSPS) is 17.5. The summed E-state index contributed by atoms with van der Waals surface area (Å²) in [5, 5.41) is 5.93. The summed E-state index contributed by atoms with van der Waals surface area (Å²) in [5.74, 6) is -0.0668. The Kier molecular flexibility index (Phi) is 7.65. The molecule has 2 unspecified atom stereocenters. The first-order valence-corrected chi connectivity index (χ1v) is 11.7. The van der Waals surface area contributed by atoms with Crippen LogP contribution in [0, 0.1) is 18.7 Å². The molecule has 182 valence electrons. The molecule has 0 aliphatic carbocycles. The molecule has 0 bridgehead atoms. The van der Waals surface area contributed by atoms with Crippen molar-refractivity contribution >= 4 is 17.6 Å². The number of rotatable bonds is 6. The van der Waals surface area contributed by atoms with Crippen LogP contribution in [0.1, 0.15) is 35.6 Å². The van der Waals surface area contributed by atoms with E-state index in [0.717, 1.165) is 11.1 Å². The lowest BCUT2D eigenvalue weighted by Crippen LogP contribution is -2.49. The number of nitrogens with one attached hydrogen (secondary N) is 2. The highest BCUT2D eigenvalue weighted by Crippen LogP contribution is 2.35. The number of urea groups is 1. The maximum atomic E-state index is 13.9. The van der Waals surface area contributed by atoms with Crippen LogP contribution in [-0.4, -0.2) is 30.5 Å². The number of piperidine rings is 1. The summed E-state index contributed by atoms with van der Waals surface area (Å²) in [5.41, 5.74) is 3.06. The minimum atomic E-state index is -0.364. The zero-order chi connectivity index (χ0) is 24.8. The van der Waals surface area contributed by atoms with Crippen LogP contribution in [0.2, 0.25) is 0 Å². The van der Waals surface area contributed by atoms with Gasteiger partial charge in [0, 0.05) is 18.8 Å². The monoisotopic (exact) mass is 475 g/mol. The Balaban J connectivity index is 1.50. The standard InChI is InChI=1S/C28H30FN3O3/c1-19-16-21(8-14-25(19)29)26-15-9-22(27(33)31-23-10-12-24(35-2)13-11-23)18-32(26)28(34)30-17-20-6-4-3-5-7-20/h3-8,10-14,16,22,26H,9,15,17-18H2,1-2H3,(H,30,34)(H,31,33). The third-order valence-corrected chi connectivity index (χ3v) is 6.42. The Morgan fingerprint density at radius 1 is 1.03 bits per heavy atom. The van der Waals surface area contributed by atoms with Gasteiger partial charge >= 0.3 is 6.03 Å². The van der Waals surface area contributed by atoms with Gasteiger partial charge in [-0.1, -0.05) is 42.5 Å². The highest BCUT2D eigenvalue weighted by atomic mass is 19.1. The third kappa shape index (κ3) is 5.98. The van der Waals surface area contributed by atoms with E-state index in [-0.39, 0.29) is 36.3 Å². The number of likely N-dealkylation sites (tertiary alicyclic amines) is 1. The molecule has 3 aromatic rings. The van der Waals surface area contributed by atoms with Gasteiger partial charge in [-0.15, -0.1) is 0 Å². The second-order valence-electron chi connectivity index (χ2n) is 8.81. The molecular formula is C28H30FN3O3. The Labute approximate surface area is 205 Å². The minimum absolute atomic E-state index is 0.134. The maximum absolute atomic E-state index is 13.9. The molecule has 3 amide bonds. The summed E-state index contributed by atoms with van der Waals surface area (Å²) >= 11 is 0. The van der Waals surface area contributed by atoms with Crippen LogP contribution in [0.3, 0.4) is 0 Å². The summed E-state index contributed by atoms with van der Waals surface area (Å²) in [6, 6.07) is 21.3. The Bertz CT molecular complexity index is 1170. The predicted molar refractivity (Wildman–Crippen MR) is 134 cm³/mol. The molecule has 1 aliphatic heterocycles. The van der Waals surface area contributed by atoms with Crippen LogP contribution in [0.5, 0.6) is 5.75 Å². The number of hydrogen-bond acceptors (Lipinski definition) is 3. The summed E-state index contributed by atoms with van der Waals surface area (Å²) < 4.78 is 19.1. The van der Waals surface area contributed by atoms with E-state index < -0.39 is 0 Å². The Hall–Kier alpha value is -3.87. The first-order chi connectivity index (χ1) is 16.9. The van der Waals surface area contributed by atoms with E-state index in [4.69, 9.17) is 4.74 Å². The van der Waals surface area contributed by atoms with E-state index in [1.807, 2.05) is 30.3 Å². The largest absolute Gasteiger partial charge is 0.497 e. The van der Waals surface area contributed by atoms with Gasteiger partial charge in [0.2, 0.25) is 5.91 Å². The van der Waals surface area contributed by atoms with Crippen molar-refractivity contribution in [2.24, 2.45) is 5.92 Å². The molecule has 7 heteroatoms. The van der Waals surface area contributed by atoms with E-state index in [1.54, 1.807) is 55.3 Å². The Morgan fingerprint density at radius 3 is 2.46 bits per heavy atom. The van der Waals surface area contributed by atoms with Crippen LogP contribution >= 0.6 is 0 Å². The molecule has 0 spiro atoms. The Morgan fingerprint density at radius 2 is 1.77 bits per heavy atom. The minimum Gasteiger partial charge on any atom is -0.497 e. The van der Waals surface area contributed by atoms with Gasteiger partial charge in [0.25, 0.3) is 0 Å². The quantitative estimate of drug-likeness (QED) is 0.498. The number of ether oxygens (including phenoxy) is 1. The number of carbonyl (C=O) groups excluding carboxylic acids is 2. The average molecular weight is 476 g/mol. The SMILES string of the molecule is COc1ccc(NC(=O)C2CCC(c3ccc(F)c(C)c3)N(C(=O)NCc3ccccc3)C2)cc1.